The topological polar surface area (TPSA) is 88.9 Å². The molecule has 0 saturated carbocycles. The largest absolute Gasteiger partial charge is 0.301 e. The second kappa shape index (κ2) is 4.79. The number of hydrogen-bond acceptors (Lipinski definition) is 5. The summed E-state index contributed by atoms with van der Waals surface area (Å²) < 4.78 is 0. The maximum Gasteiger partial charge on any atom is 0.283 e. The molecule has 0 aliphatic heterocycles. The number of nitro benzene ring substituents is 1. The number of para-hydroxylation sites is 1. The van der Waals surface area contributed by atoms with E-state index in [1.165, 1.54) is 18.3 Å². The molecule has 0 spiro atoms. The molecule has 0 unspecified atom stereocenters. The van der Waals surface area contributed by atoms with Crippen molar-refractivity contribution < 1.29 is 4.92 Å². The fourth-order valence-corrected chi connectivity index (χ4v) is 2.07. The van der Waals surface area contributed by atoms with Crippen molar-refractivity contribution in [2.75, 3.05) is 0 Å². The van der Waals surface area contributed by atoms with Crippen LogP contribution < -0.4 is 5.56 Å². The number of benzene rings is 1. The smallest absolute Gasteiger partial charge is 0.283 e. The first-order valence-electron chi connectivity index (χ1n) is 4.63. The van der Waals surface area contributed by atoms with Gasteiger partial charge in [0.05, 0.1) is 9.82 Å². The van der Waals surface area contributed by atoms with Crippen LogP contribution in [-0.4, -0.2) is 14.9 Å². The standard InChI is InChI=1S/C10H7N3O3S/c14-9-5-6-11-10(12-9)17-8-4-2-1-3-7(8)13(15)16/h1-6H,(H,11,12,14). The Morgan fingerprint density at radius 2 is 2.06 bits per heavy atom. The van der Waals surface area contributed by atoms with E-state index in [9.17, 15) is 14.9 Å². The van der Waals surface area contributed by atoms with Gasteiger partial charge in [-0.3, -0.25) is 14.9 Å². The molecule has 2 aromatic rings. The Morgan fingerprint density at radius 3 is 2.76 bits per heavy atom. The molecule has 1 aromatic carbocycles. The van der Waals surface area contributed by atoms with E-state index in [2.05, 4.69) is 9.97 Å². The van der Waals surface area contributed by atoms with Crippen molar-refractivity contribution in [3.05, 3.63) is 57.0 Å². The second-order valence-corrected chi connectivity index (χ2v) is 4.10. The maximum atomic E-state index is 11.1. The number of nitrogens with one attached hydrogen (secondary N) is 1. The van der Waals surface area contributed by atoms with Gasteiger partial charge in [0.15, 0.2) is 5.16 Å². The van der Waals surface area contributed by atoms with Gasteiger partial charge in [0.25, 0.3) is 11.2 Å². The van der Waals surface area contributed by atoms with Gasteiger partial charge < -0.3 is 4.98 Å². The summed E-state index contributed by atoms with van der Waals surface area (Å²) in [5, 5.41) is 11.1. The lowest BCUT2D eigenvalue weighted by Crippen LogP contribution is -2.05. The Labute approximate surface area is 99.9 Å². The average Bonchev–Trinajstić information content (AvgIpc) is 2.29. The Morgan fingerprint density at radius 1 is 1.29 bits per heavy atom. The van der Waals surface area contributed by atoms with E-state index < -0.39 is 4.92 Å². The molecule has 0 amide bonds. The lowest BCUT2D eigenvalue weighted by atomic mass is 10.3. The van der Waals surface area contributed by atoms with Crippen LogP contribution in [0.5, 0.6) is 0 Å². The molecule has 0 bridgehead atoms. The van der Waals surface area contributed by atoms with E-state index in [0.29, 0.717) is 10.1 Å². The summed E-state index contributed by atoms with van der Waals surface area (Å²) >= 11 is 1.05. The third-order valence-electron chi connectivity index (χ3n) is 1.92. The van der Waals surface area contributed by atoms with Crippen LogP contribution in [0.3, 0.4) is 0 Å². The van der Waals surface area contributed by atoms with Crippen LogP contribution in [0.25, 0.3) is 0 Å². The molecule has 0 saturated heterocycles. The summed E-state index contributed by atoms with van der Waals surface area (Å²) in [4.78, 5) is 28.2. The van der Waals surface area contributed by atoms with E-state index in [0.717, 1.165) is 11.8 Å². The SMILES string of the molecule is O=c1ccnc(Sc2ccccc2[N+](=O)[O-])[nH]1. The zero-order valence-corrected chi connectivity index (χ0v) is 9.31. The molecule has 1 N–H and O–H groups in total. The Balaban J connectivity index is 2.36. The second-order valence-electron chi connectivity index (χ2n) is 3.07. The van der Waals surface area contributed by atoms with Gasteiger partial charge in [0, 0.05) is 18.3 Å². The third kappa shape index (κ3) is 2.70. The average molecular weight is 249 g/mol. The Bertz CT molecular complexity index is 611. The molecule has 0 radical (unpaired) electrons. The molecule has 17 heavy (non-hydrogen) atoms. The minimum atomic E-state index is -0.469. The molecule has 2 rings (SSSR count). The highest BCUT2D eigenvalue weighted by Crippen LogP contribution is 2.31. The molecular weight excluding hydrogens is 242 g/mol. The van der Waals surface area contributed by atoms with Crippen LogP contribution >= 0.6 is 11.8 Å². The quantitative estimate of drug-likeness (QED) is 0.509. The number of rotatable bonds is 3. The van der Waals surface area contributed by atoms with Gasteiger partial charge in [-0.05, 0) is 17.8 Å². The fraction of sp³-hybridized carbons (Fsp3) is 0. The first-order valence-corrected chi connectivity index (χ1v) is 5.45. The van der Waals surface area contributed by atoms with Crippen LogP contribution in [0.4, 0.5) is 5.69 Å². The summed E-state index contributed by atoms with van der Waals surface area (Å²) in [6.07, 6.45) is 1.36. The first-order chi connectivity index (χ1) is 8.16. The van der Waals surface area contributed by atoms with Crippen LogP contribution in [0.2, 0.25) is 0 Å². The first kappa shape index (κ1) is 11.3. The van der Waals surface area contributed by atoms with Crippen molar-refractivity contribution in [3.8, 4) is 0 Å². The molecule has 1 aromatic heterocycles. The van der Waals surface area contributed by atoms with E-state index in [-0.39, 0.29) is 11.2 Å². The molecule has 1 heterocycles. The molecule has 7 heteroatoms. The number of nitro groups is 1. The van der Waals surface area contributed by atoms with Gasteiger partial charge in [-0.1, -0.05) is 12.1 Å². The summed E-state index contributed by atoms with van der Waals surface area (Å²) in [7, 11) is 0. The molecule has 0 atom stereocenters. The summed E-state index contributed by atoms with van der Waals surface area (Å²) in [5.41, 5.74) is -0.301. The van der Waals surface area contributed by atoms with Crippen molar-refractivity contribution >= 4 is 17.4 Å². The third-order valence-corrected chi connectivity index (χ3v) is 2.88. The van der Waals surface area contributed by atoms with Crippen LogP contribution in [0.15, 0.2) is 51.4 Å². The normalized spacial score (nSPS) is 10.1. The van der Waals surface area contributed by atoms with Gasteiger partial charge in [-0.15, -0.1) is 0 Å². The number of aromatic amines is 1. The Hall–Kier alpha value is -2.15. The number of aromatic nitrogens is 2. The molecule has 0 aliphatic rings. The minimum absolute atomic E-state index is 0.0102. The van der Waals surface area contributed by atoms with Crippen LogP contribution in [0.1, 0.15) is 0 Å². The summed E-state index contributed by atoms with van der Waals surface area (Å²) in [6.45, 7) is 0. The van der Waals surface area contributed by atoms with Crippen molar-refractivity contribution in [1.82, 2.24) is 9.97 Å². The van der Waals surface area contributed by atoms with Crippen LogP contribution in [-0.2, 0) is 0 Å². The minimum Gasteiger partial charge on any atom is -0.301 e. The monoisotopic (exact) mass is 249 g/mol. The highest BCUT2D eigenvalue weighted by atomic mass is 32.2. The molecule has 0 aliphatic carbocycles. The van der Waals surface area contributed by atoms with Crippen LogP contribution in [0, 0.1) is 10.1 Å². The summed E-state index contributed by atoms with van der Waals surface area (Å²) in [5.74, 6) is 0. The predicted molar refractivity (Wildman–Crippen MR) is 62.1 cm³/mol. The van der Waals surface area contributed by atoms with Gasteiger partial charge in [0.1, 0.15) is 0 Å². The van der Waals surface area contributed by atoms with Crippen molar-refractivity contribution in [2.45, 2.75) is 10.1 Å². The van der Waals surface area contributed by atoms with E-state index in [4.69, 9.17) is 0 Å². The lowest BCUT2D eigenvalue weighted by Gasteiger charge is -2.00. The summed E-state index contributed by atoms with van der Waals surface area (Å²) in [6, 6.07) is 7.57. The van der Waals surface area contributed by atoms with E-state index in [1.54, 1.807) is 18.2 Å². The highest BCUT2D eigenvalue weighted by molar-refractivity contribution is 7.99. The van der Waals surface area contributed by atoms with E-state index >= 15 is 0 Å². The zero-order valence-electron chi connectivity index (χ0n) is 8.49. The van der Waals surface area contributed by atoms with Gasteiger partial charge >= 0.3 is 0 Å². The molecule has 0 fully saturated rings. The van der Waals surface area contributed by atoms with Gasteiger partial charge in [-0.2, -0.15) is 0 Å². The molecule has 6 nitrogen and oxygen atoms in total. The highest BCUT2D eigenvalue weighted by Gasteiger charge is 2.14. The Kier molecular flexibility index (Phi) is 3.20. The molecular formula is C10H7N3O3S. The number of nitrogens with zero attached hydrogens (tertiary/aromatic N) is 2. The molecule has 86 valence electrons. The fourth-order valence-electron chi connectivity index (χ4n) is 1.20. The van der Waals surface area contributed by atoms with Crippen molar-refractivity contribution in [3.63, 3.8) is 0 Å². The van der Waals surface area contributed by atoms with Gasteiger partial charge in [0.2, 0.25) is 0 Å². The lowest BCUT2D eigenvalue weighted by molar-refractivity contribution is -0.387. The zero-order chi connectivity index (χ0) is 12.3. The number of hydrogen-bond donors (Lipinski definition) is 1. The van der Waals surface area contributed by atoms with Gasteiger partial charge in [-0.25, -0.2) is 4.98 Å². The van der Waals surface area contributed by atoms with E-state index in [1.807, 2.05) is 0 Å². The predicted octanol–water partition coefficient (Wildman–Crippen LogP) is 1.83. The maximum absolute atomic E-state index is 11.1. The van der Waals surface area contributed by atoms with Crippen molar-refractivity contribution in [2.24, 2.45) is 0 Å². The van der Waals surface area contributed by atoms with Crippen molar-refractivity contribution in [1.29, 1.82) is 0 Å². The number of H-pyrrole nitrogens is 1.